The predicted molar refractivity (Wildman–Crippen MR) is 101 cm³/mol. The smallest absolute Gasteiger partial charge is 0.412 e. The van der Waals surface area contributed by atoms with E-state index in [2.05, 4.69) is 0 Å². The van der Waals surface area contributed by atoms with Gasteiger partial charge >= 0.3 is 6.09 Å². The van der Waals surface area contributed by atoms with Crippen molar-refractivity contribution < 1.29 is 23.0 Å². The summed E-state index contributed by atoms with van der Waals surface area (Å²) in [6.07, 6.45) is 1.72. The van der Waals surface area contributed by atoms with Crippen LogP contribution in [0.15, 0.2) is 18.2 Å². The molecule has 2 rings (SSSR count). The third-order valence-corrected chi connectivity index (χ3v) is 4.86. The molecule has 1 amide bonds. The summed E-state index contributed by atoms with van der Waals surface area (Å²) in [4.78, 5) is 14.3. The minimum atomic E-state index is -0.750. The monoisotopic (exact) mass is 383 g/mol. The number of carbonyl (C=O) groups is 1. The quantitative estimate of drug-likeness (QED) is 0.663. The fourth-order valence-corrected chi connectivity index (χ4v) is 3.59. The topological polar surface area (TPSA) is 38.8 Å². The Hall–Kier alpha value is -1.69. The maximum atomic E-state index is 13.6. The van der Waals surface area contributed by atoms with Crippen LogP contribution in [0, 0.1) is 11.6 Å². The van der Waals surface area contributed by atoms with E-state index in [1.165, 1.54) is 12.1 Å². The number of amides is 1. The summed E-state index contributed by atoms with van der Waals surface area (Å²) in [6, 6.07) is 3.52. The van der Waals surface area contributed by atoms with E-state index in [0.717, 1.165) is 12.5 Å². The highest BCUT2D eigenvalue weighted by molar-refractivity contribution is 5.69. The third kappa shape index (κ3) is 5.64. The van der Waals surface area contributed by atoms with Crippen molar-refractivity contribution in [3.05, 3.63) is 35.4 Å². The lowest BCUT2D eigenvalue weighted by Gasteiger charge is -2.35. The number of benzene rings is 1. The molecular formula is C21H31F2NO3. The van der Waals surface area contributed by atoms with E-state index < -0.39 is 29.1 Å². The molecule has 2 atom stereocenters. The van der Waals surface area contributed by atoms with Crippen LogP contribution in [0.3, 0.4) is 0 Å². The van der Waals surface area contributed by atoms with E-state index in [-0.39, 0.29) is 12.0 Å². The van der Waals surface area contributed by atoms with Gasteiger partial charge in [0.25, 0.3) is 0 Å². The number of nitrogens with zero attached hydrogens (tertiary/aromatic N) is 1. The first-order valence-corrected chi connectivity index (χ1v) is 9.55. The van der Waals surface area contributed by atoms with Crippen LogP contribution in [-0.2, 0) is 9.47 Å². The molecule has 27 heavy (non-hydrogen) atoms. The molecule has 152 valence electrons. The molecule has 0 aliphatic carbocycles. The first kappa shape index (κ1) is 21.6. The largest absolute Gasteiger partial charge is 0.444 e. The molecule has 0 N–H and O–H groups in total. The van der Waals surface area contributed by atoms with Gasteiger partial charge in [-0.15, -0.1) is 0 Å². The van der Waals surface area contributed by atoms with Crippen LogP contribution in [0.5, 0.6) is 0 Å². The molecule has 0 aromatic heterocycles. The zero-order valence-corrected chi connectivity index (χ0v) is 17.1. The van der Waals surface area contributed by atoms with Crippen LogP contribution >= 0.6 is 0 Å². The molecule has 1 aromatic rings. The molecule has 0 radical (unpaired) electrons. The molecule has 4 nitrogen and oxygen atoms in total. The Bertz CT molecular complexity index is 650. The molecule has 1 saturated heterocycles. The molecule has 0 saturated carbocycles. The molecular weight excluding hydrogens is 352 g/mol. The van der Waals surface area contributed by atoms with Crippen molar-refractivity contribution in [2.75, 3.05) is 6.61 Å². The Morgan fingerprint density at radius 2 is 1.89 bits per heavy atom. The van der Waals surface area contributed by atoms with Gasteiger partial charge < -0.3 is 9.47 Å². The Labute approximate surface area is 160 Å². The van der Waals surface area contributed by atoms with Crippen LogP contribution in [-0.4, -0.2) is 35.0 Å². The van der Waals surface area contributed by atoms with Crippen LogP contribution in [0.4, 0.5) is 13.6 Å². The fourth-order valence-electron chi connectivity index (χ4n) is 3.59. The van der Waals surface area contributed by atoms with Gasteiger partial charge in [0.15, 0.2) is 0 Å². The van der Waals surface area contributed by atoms with Crippen molar-refractivity contribution in [3.63, 3.8) is 0 Å². The van der Waals surface area contributed by atoms with E-state index in [9.17, 15) is 13.6 Å². The lowest BCUT2D eigenvalue weighted by molar-refractivity contribution is -0.0627. The second-order valence-corrected chi connectivity index (χ2v) is 8.65. The lowest BCUT2D eigenvalue weighted by atomic mass is 9.90. The molecule has 2 unspecified atom stereocenters. The van der Waals surface area contributed by atoms with E-state index in [0.29, 0.717) is 25.0 Å². The fraction of sp³-hybridized carbons (Fsp3) is 0.667. The van der Waals surface area contributed by atoms with Gasteiger partial charge in [-0.1, -0.05) is 6.92 Å². The zero-order chi connectivity index (χ0) is 20.4. The first-order chi connectivity index (χ1) is 12.4. The van der Waals surface area contributed by atoms with Gasteiger partial charge in [0.05, 0.1) is 12.6 Å². The Morgan fingerprint density at radius 3 is 2.41 bits per heavy atom. The predicted octanol–water partition coefficient (Wildman–Crippen LogP) is 5.61. The van der Waals surface area contributed by atoms with Crippen molar-refractivity contribution in [3.8, 4) is 0 Å². The highest BCUT2D eigenvalue weighted by atomic mass is 19.1. The SMILES string of the molecule is CCC(CCC1COC(C)(C)N1C(=O)OC(C)(C)C)c1cc(F)cc(F)c1. The zero-order valence-electron chi connectivity index (χ0n) is 17.1. The van der Waals surface area contributed by atoms with Gasteiger partial charge in [-0.3, -0.25) is 4.90 Å². The number of carbonyl (C=O) groups excluding carboxylic acids is 1. The molecule has 1 fully saturated rings. The summed E-state index contributed by atoms with van der Waals surface area (Å²) in [6.45, 7) is 11.6. The molecule has 0 bridgehead atoms. The number of halogens is 2. The van der Waals surface area contributed by atoms with E-state index >= 15 is 0 Å². The maximum Gasteiger partial charge on any atom is 0.412 e. The minimum Gasteiger partial charge on any atom is -0.444 e. The van der Waals surface area contributed by atoms with Gasteiger partial charge in [-0.2, -0.15) is 0 Å². The van der Waals surface area contributed by atoms with Crippen LogP contribution in [0.2, 0.25) is 0 Å². The van der Waals surface area contributed by atoms with Crippen molar-refractivity contribution in [2.24, 2.45) is 0 Å². The third-order valence-electron chi connectivity index (χ3n) is 4.86. The van der Waals surface area contributed by atoms with Gasteiger partial charge in [-0.05, 0) is 77.5 Å². The Balaban J connectivity index is 2.10. The molecule has 6 heteroatoms. The summed E-state index contributed by atoms with van der Waals surface area (Å²) < 4.78 is 38.5. The molecule has 1 heterocycles. The van der Waals surface area contributed by atoms with Gasteiger partial charge in [0, 0.05) is 6.07 Å². The standard InChI is InChI=1S/C21H31F2NO3/c1-7-14(15-10-16(22)12-17(23)11-15)8-9-18-13-26-21(5,6)24(18)19(25)27-20(2,3)4/h10-12,14,18H,7-9,13H2,1-6H3. The van der Waals surface area contributed by atoms with Crippen molar-refractivity contribution in [1.82, 2.24) is 4.90 Å². The Kier molecular flexibility index (Phi) is 6.51. The highest BCUT2D eigenvalue weighted by Gasteiger charge is 2.45. The number of hydrogen-bond acceptors (Lipinski definition) is 3. The second kappa shape index (κ2) is 8.13. The first-order valence-electron chi connectivity index (χ1n) is 9.55. The number of hydrogen-bond donors (Lipinski definition) is 0. The summed E-state index contributed by atoms with van der Waals surface area (Å²) in [5, 5.41) is 0. The van der Waals surface area contributed by atoms with Crippen molar-refractivity contribution in [1.29, 1.82) is 0 Å². The normalized spacial score (nSPS) is 20.6. The highest BCUT2D eigenvalue weighted by Crippen LogP contribution is 2.34. The van der Waals surface area contributed by atoms with Crippen LogP contribution < -0.4 is 0 Å². The Morgan fingerprint density at radius 1 is 1.30 bits per heavy atom. The van der Waals surface area contributed by atoms with Crippen molar-refractivity contribution >= 4 is 6.09 Å². The van der Waals surface area contributed by atoms with Crippen LogP contribution in [0.25, 0.3) is 0 Å². The van der Waals surface area contributed by atoms with Gasteiger partial charge in [0.1, 0.15) is 23.0 Å². The lowest BCUT2D eigenvalue weighted by Crippen LogP contribution is -2.49. The van der Waals surface area contributed by atoms with Crippen molar-refractivity contribution in [2.45, 2.75) is 84.1 Å². The van der Waals surface area contributed by atoms with E-state index in [4.69, 9.17) is 9.47 Å². The average Bonchev–Trinajstić information content (AvgIpc) is 2.80. The molecule has 1 aromatic carbocycles. The second-order valence-electron chi connectivity index (χ2n) is 8.65. The summed E-state index contributed by atoms with van der Waals surface area (Å²) in [5.74, 6) is -1.12. The molecule has 1 aliphatic rings. The average molecular weight is 383 g/mol. The van der Waals surface area contributed by atoms with Crippen LogP contribution in [0.1, 0.15) is 72.3 Å². The molecule has 0 spiro atoms. The maximum absolute atomic E-state index is 13.6. The van der Waals surface area contributed by atoms with Gasteiger partial charge in [0.2, 0.25) is 0 Å². The summed E-state index contributed by atoms with van der Waals surface area (Å²) in [7, 11) is 0. The van der Waals surface area contributed by atoms with E-state index in [1.807, 2.05) is 41.5 Å². The minimum absolute atomic E-state index is 0.0133. The number of rotatable bonds is 5. The summed E-state index contributed by atoms with van der Waals surface area (Å²) in [5.41, 5.74) is -0.692. The van der Waals surface area contributed by atoms with Gasteiger partial charge in [-0.25, -0.2) is 13.6 Å². The summed E-state index contributed by atoms with van der Waals surface area (Å²) >= 11 is 0. The molecule has 1 aliphatic heterocycles. The number of ether oxygens (including phenoxy) is 2. The van der Waals surface area contributed by atoms with E-state index in [1.54, 1.807) is 4.90 Å².